The SMILES string of the molecule is CC1CC1(C(N)=O)c1cscn1. The van der Waals surface area contributed by atoms with Crippen LogP contribution in [0.15, 0.2) is 10.9 Å². The highest BCUT2D eigenvalue weighted by molar-refractivity contribution is 7.07. The first-order valence-electron chi connectivity index (χ1n) is 3.86. The maximum absolute atomic E-state index is 11.2. The Bertz CT molecular complexity index is 309. The number of amides is 1. The van der Waals surface area contributed by atoms with Crippen LogP contribution in [-0.4, -0.2) is 10.9 Å². The summed E-state index contributed by atoms with van der Waals surface area (Å²) in [7, 11) is 0. The number of carbonyl (C=O) groups excluding carboxylic acids is 1. The maximum atomic E-state index is 11.2. The quantitative estimate of drug-likeness (QED) is 0.739. The summed E-state index contributed by atoms with van der Waals surface area (Å²) in [6.07, 6.45) is 0.853. The largest absolute Gasteiger partial charge is 0.369 e. The molecule has 0 aromatic carbocycles. The molecule has 0 radical (unpaired) electrons. The van der Waals surface area contributed by atoms with Gasteiger partial charge in [0.1, 0.15) is 0 Å². The fourth-order valence-corrected chi connectivity index (χ4v) is 2.32. The lowest BCUT2D eigenvalue weighted by atomic mass is 10.0. The van der Waals surface area contributed by atoms with E-state index in [1.807, 2.05) is 12.3 Å². The lowest BCUT2D eigenvalue weighted by Gasteiger charge is -2.07. The molecule has 1 heterocycles. The Morgan fingerprint density at radius 1 is 1.92 bits per heavy atom. The first-order valence-corrected chi connectivity index (χ1v) is 4.81. The molecule has 1 aromatic rings. The lowest BCUT2D eigenvalue weighted by Crippen LogP contribution is -2.30. The van der Waals surface area contributed by atoms with E-state index in [9.17, 15) is 4.79 Å². The molecule has 1 aromatic heterocycles. The van der Waals surface area contributed by atoms with Crippen molar-refractivity contribution in [3.05, 3.63) is 16.6 Å². The number of rotatable bonds is 2. The zero-order chi connectivity index (χ0) is 8.77. The van der Waals surface area contributed by atoms with Crippen LogP contribution in [0, 0.1) is 5.92 Å². The van der Waals surface area contributed by atoms with Crippen LogP contribution >= 0.6 is 11.3 Å². The van der Waals surface area contributed by atoms with Crippen LogP contribution in [0.5, 0.6) is 0 Å². The number of hydrogen-bond donors (Lipinski definition) is 1. The predicted molar refractivity (Wildman–Crippen MR) is 46.8 cm³/mol. The second-order valence-corrected chi connectivity index (χ2v) is 4.03. The maximum Gasteiger partial charge on any atom is 0.229 e. The number of primary amides is 1. The van der Waals surface area contributed by atoms with Crippen molar-refractivity contribution in [2.75, 3.05) is 0 Å². The van der Waals surface area contributed by atoms with Crippen LogP contribution in [0.4, 0.5) is 0 Å². The number of nitrogens with zero attached hydrogens (tertiary/aromatic N) is 1. The summed E-state index contributed by atoms with van der Waals surface area (Å²) >= 11 is 1.51. The molecule has 1 amide bonds. The molecule has 3 nitrogen and oxygen atoms in total. The predicted octanol–water partition coefficient (Wildman–Crippen LogP) is 0.906. The normalized spacial score (nSPS) is 33.2. The van der Waals surface area contributed by atoms with Crippen molar-refractivity contribution in [3.63, 3.8) is 0 Å². The molecular weight excluding hydrogens is 172 g/mol. The Hall–Kier alpha value is -0.900. The van der Waals surface area contributed by atoms with Gasteiger partial charge in [0.05, 0.1) is 16.6 Å². The van der Waals surface area contributed by atoms with Crippen LogP contribution in [0.3, 0.4) is 0 Å². The molecule has 2 atom stereocenters. The molecule has 2 unspecified atom stereocenters. The molecule has 1 aliphatic carbocycles. The van der Waals surface area contributed by atoms with Gasteiger partial charge in [-0.05, 0) is 12.3 Å². The van der Waals surface area contributed by atoms with Crippen LogP contribution in [-0.2, 0) is 10.2 Å². The Labute approximate surface area is 74.6 Å². The van der Waals surface area contributed by atoms with Gasteiger partial charge in [-0.2, -0.15) is 0 Å². The summed E-state index contributed by atoms with van der Waals surface area (Å²) in [5, 5.41) is 1.91. The van der Waals surface area contributed by atoms with Gasteiger partial charge in [-0.15, -0.1) is 11.3 Å². The van der Waals surface area contributed by atoms with E-state index in [0.29, 0.717) is 5.92 Å². The second kappa shape index (κ2) is 2.29. The van der Waals surface area contributed by atoms with Crippen molar-refractivity contribution in [3.8, 4) is 0 Å². The summed E-state index contributed by atoms with van der Waals surface area (Å²) < 4.78 is 0. The van der Waals surface area contributed by atoms with Crippen molar-refractivity contribution in [1.29, 1.82) is 0 Å². The first-order chi connectivity index (χ1) is 5.68. The van der Waals surface area contributed by atoms with Gasteiger partial charge in [0.25, 0.3) is 0 Å². The summed E-state index contributed by atoms with van der Waals surface area (Å²) in [5.74, 6) is 0.123. The first kappa shape index (κ1) is 7.73. The third-order valence-corrected chi connectivity index (χ3v) is 3.22. The fourth-order valence-electron chi connectivity index (χ4n) is 1.68. The van der Waals surface area contributed by atoms with Gasteiger partial charge in [-0.1, -0.05) is 6.92 Å². The molecule has 0 bridgehead atoms. The molecule has 0 saturated heterocycles. The van der Waals surface area contributed by atoms with Gasteiger partial charge in [0, 0.05) is 5.38 Å². The van der Waals surface area contributed by atoms with Crippen LogP contribution in [0.1, 0.15) is 19.0 Å². The second-order valence-electron chi connectivity index (χ2n) is 3.31. The van der Waals surface area contributed by atoms with E-state index in [1.165, 1.54) is 11.3 Å². The van der Waals surface area contributed by atoms with Gasteiger partial charge >= 0.3 is 0 Å². The van der Waals surface area contributed by atoms with E-state index in [2.05, 4.69) is 4.98 Å². The molecule has 0 aliphatic heterocycles. The molecule has 0 spiro atoms. The number of carbonyl (C=O) groups is 1. The monoisotopic (exact) mass is 182 g/mol. The molecule has 1 saturated carbocycles. The third-order valence-electron chi connectivity index (χ3n) is 2.64. The number of aromatic nitrogens is 1. The highest BCUT2D eigenvalue weighted by atomic mass is 32.1. The van der Waals surface area contributed by atoms with Crippen LogP contribution < -0.4 is 5.73 Å². The average molecular weight is 182 g/mol. The van der Waals surface area contributed by atoms with Crippen LogP contribution in [0.2, 0.25) is 0 Å². The molecule has 64 valence electrons. The molecular formula is C8H10N2OS. The minimum atomic E-state index is -0.431. The Morgan fingerprint density at radius 2 is 2.58 bits per heavy atom. The van der Waals surface area contributed by atoms with E-state index < -0.39 is 5.41 Å². The van der Waals surface area contributed by atoms with Crippen molar-refractivity contribution < 1.29 is 4.79 Å². The summed E-state index contributed by atoms with van der Waals surface area (Å²) in [6, 6.07) is 0. The van der Waals surface area contributed by atoms with E-state index in [0.717, 1.165) is 12.1 Å². The molecule has 1 fully saturated rings. The zero-order valence-electron chi connectivity index (χ0n) is 6.78. The topological polar surface area (TPSA) is 56.0 Å². The van der Waals surface area contributed by atoms with Crippen molar-refractivity contribution in [2.45, 2.75) is 18.8 Å². The molecule has 2 N–H and O–H groups in total. The molecule has 12 heavy (non-hydrogen) atoms. The van der Waals surface area contributed by atoms with Crippen molar-refractivity contribution >= 4 is 17.2 Å². The minimum Gasteiger partial charge on any atom is -0.369 e. The van der Waals surface area contributed by atoms with E-state index in [4.69, 9.17) is 5.73 Å². The number of hydrogen-bond acceptors (Lipinski definition) is 3. The third kappa shape index (κ3) is 0.813. The van der Waals surface area contributed by atoms with Gasteiger partial charge in [0.2, 0.25) is 5.91 Å². The number of thiazole rings is 1. The molecule has 1 aliphatic rings. The van der Waals surface area contributed by atoms with Crippen molar-refractivity contribution in [1.82, 2.24) is 4.98 Å². The van der Waals surface area contributed by atoms with E-state index >= 15 is 0 Å². The highest BCUT2D eigenvalue weighted by Crippen LogP contribution is 2.53. The van der Waals surface area contributed by atoms with Crippen LogP contribution in [0.25, 0.3) is 0 Å². The standard InChI is InChI=1S/C8H10N2OS/c1-5-2-8(5,7(9)11)6-3-12-4-10-6/h3-5H,2H2,1H3,(H2,9,11). The fraction of sp³-hybridized carbons (Fsp3) is 0.500. The van der Waals surface area contributed by atoms with Gasteiger partial charge < -0.3 is 5.73 Å². The zero-order valence-corrected chi connectivity index (χ0v) is 7.60. The smallest absolute Gasteiger partial charge is 0.229 e. The summed E-state index contributed by atoms with van der Waals surface area (Å²) in [4.78, 5) is 15.3. The Morgan fingerprint density at radius 3 is 2.92 bits per heavy atom. The van der Waals surface area contributed by atoms with E-state index in [-0.39, 0.29) is 5.91 Å². The lowest BCUT2D eigenvalue weighted by molar-refractivity contribution is -0.120. The summed E-state index contributed by atoms with van der Waals surface area (Å²) in [5.41, 5.74) is 7.50. The Balaban J connectivity index is 2.38. The van der Waals surface area contributed by atoms with E-state index in [1.54, 1.807) is 5.51 Å². The number of nitrogens with two attached hydrogens (primary N) is 1. The molecule has 2 rings (SSSR count). The highest BCUT2D eigenvalue weighted by Gasteiger charge is 2.58. The van der Waals surface area contributed by atoms with Gasteiger partial charge in [-0.3, -0.25) is 4.79 Å². The van der Waals surface area contributed by atoms with Crippen molar-refractivity contribution in [2.24, 2.45) is 11.7 Å². The summed E-state index contributed by atoms with van der Waals surface area (Å²) in [6.45, 7) is 2.03. The average Bonchev–Trinajstić information content (AvgIpc) is 2.51. The minimum absolute atomic E-state index is 0.235. The van der Waals surface area contributed by atoms with Gasteiger partial charge in [-0.25, -0.2) is 4.98 Å². The van der Waals surface area contributed by atoms with Gasteiger partial charge in [0.15, 0.2) is 0 Å². The Kier molecular flexibility index (Phi) is 1.48. The molecule has 4 heteroatoms.